The van der Waals surface area contributed by atoms with E-state index in [0.717, 1.165) is 46.9 Å². The molecule has 2 aromatic carbocycles. The van der Waals surface area contributed by atoms with Crippen molar-refractivity contribution in [1.82, 2.24) is 19.9 Å². The van der Waals surface area contributed by atoms with Crippen LogP contribution in [-0.4, -0.2) is 46.2 Å². The van der Waals surface area contributed by atoms with Crippen LogP contribution >= 0.6 is 0 Å². The Kier molecular flexibility index (Phi) is 4.91. The van der Waals surface area contributed by atoms with E-state index in [-0.39, 0.29) is 0 Å². The number of morpholine rings is 1. The Morgan fingerprint density at radius 2 is 1.52 bits per heavy atom. The van der Waals surface area contributed by atoms with Crippen molar-refractivity contribution in [1.29, 1.82) is 0 Å². The minimum Gasteiger partial charge on any atom is -0.378 e. The molecule has 8 nitrogen and oxygen atoms in total. The Balaban J connectivity index is 1.75. The zero-order valence-corrected chi connectivity index (χ0v) is 17.7. The molecule has 0 saturated carbocycles. The number of aromatic nitrogens is 4. The second-order valence-electron chi connectivity index (χ2n) is 7.68. The van der Waals surface area contributed by atoms with Gasteiger partial charge in [-0.15, -0.1) is 0 Å². The van der Waals surface area contributed by atoms with Crippen molar-refractivity contribution in [3.05, 3.63) is 59.7 Å². The van der Waals surface area contributed by atoms with E-state index < -0.39 is 0 Å². The lowest BCUT2D eigenvalue weighted by molar-refractivity contribution is 0.122. The smallest absolute Gasteiger partial charge is 0.238 e. The fourth-order valence-electron chi connectivity index (χ4n) is 3.97. The first kappa shape index (κ1) is 19.3. The maximum Gasteiger partial charge on any atom is 0.238 e. The molecule has 5 rings (SSSR count). The van der Waals surface area contributed by atoms with Gasteiger partial charge in [0.15, 0.2) is 17.4 Å². The SMILES string of the molecule is Cc1ccccc1N(c1nc(N2CCOCC2)c2[nH]c(N)nc2n1)c1ccccc1C. The molecule has 3 N–H and O–H groups in total. The lowest BCUT2D eigenvalue weighted by Crippen LogP contribution is -2.37. The number of H-pyrrole nitrogens is 1. The van der Waals surface area contributed by atoms with Crippen LogP contribution in [0.2, 0.25) is 0 Å². The molecule has 2 aromatic heterocycles. The zero-order valence-electron chi connectivity index (χ0n) is 17.7. The van der Waals surface area contributed by atoms with Crippen LogP contribution in [0.3, 0.4) is 0 Å². The average molecular weight is 416 g/mol. The second kappa shape index (κ2) is 7.88. The van der Waals surface area contributed by atoms with Crippen molar-refractivity contribution in [3.63, 3.8) is 0 Å². The lowest BCUT2D eigenvalue weighted by Gasteiger charge is -2.30. The van der Waals surface area contributed by atoms with Gasteiger partial charge >= 0.3 is 0 Å². The molecule has 1 saturated heterocycles. The Labute approximate surface area is 180 Å². The largest absolute Gasteiger partial charge is 0.378 e. The van der Waals surface area contributed by atoms with Crippen molar-refractivity contribution in [2.45, 2.75) is 13.8 Å². The molecule has 3 heterocycles. The number of fused-ring (bicyclic) bond motifs is 1. The summed E-state index contributed by atoms with van der Waals surface area (Å²) in [6.07, 6.45) is 0. The first-order chi connectivity index (χ1) is 15.1. The fraction of sp³-hybridized carbons (Fsp3) is 0.261. The summed E-state index contributed by atoms with van der Waals surface area (Å²) < 4.78 is 5.54. The Bertz CT molecular complexity index is 1180. The molecule has 1 fully saturated rings. The average Bonchev–Trinajstić information content (AvgIpc) is 3.16. The molecular formula is C23H25N7O. The molecule has 0 amide bonds. The molecule has 31 heavy (non-hydrogen) atoms. The van der Waals surface area contributed by atoms with Gasteiger partial charge in [-0.2, -0.15) is 15.0 Å². The highest BCUT2D eigenvalue weighted by Gasteiger charge is 2.24. The monoisotopic (exact) mass is 415 g/mol. The van der Waals surface area contributed by atoms with E-state index in [4.69, 9.17) is 20.4 Å². The van der Waals surface area contributed by atoms with Crippen molar-refractivity contribution in [2.24, 2.45) is 0 Å². The van der Waals surface area contributed by atoms with E-state index in [0.29, 0.717) is 30.8 Å². The molecule has 4 aromatic rings. The highest BCUT2D eigenvalue weighted by atomic mass is 16.5. The zero-order chi connectivity index (χ0) is 21.4. The van der Waals surface area contributed by atoms with Gasteiger partial charge in [0.05, 0.1) is 24.6 Å². The predicted octanol–water partition coefficient (Wildman–Crippen LogP) is 3.86. The predicted molar refractivity (Wildman–Crippen MR) is 123 cm³/mol. The van der Waals surface area contributed by atoms with Gasteiger partial charge < -0.3 is 20.4 Å². The third-order valence-electron chi connectivity index (χ3n) is 5.56. The van der Waals surface area contributed by atoms with Crippen molar-refractivity contribution >= 4 is 40.3 Å². The van der Waals surface area contributed by atoms with Gasteiger partial charge in [0.2, 0.25) is 5.95 Å². The molecule has 0 atom stereocenters. The molecule has 0 bridgehead atoms. The Morgan fingerprint density at radius 1 is 0.903 bits per heavy atom. The van der Waals surface area contributed by atoms with Crippen LogP contribution in [0.15, 0.2) is 48.5 Å². The number of nitrogen functional groups attached to an aromatic ring is 1. The molecule has 0 unspecified atom stereocenters. The van der Waals surface area contributed by atoms with E-state index in [1.54, 1.807) is 0 Å². The summed E-state index contributed by atoms with van der Waals surface area (Å²) in [5, 5.41) is 0. The fourth-order valence-corrected chi connectivity index (χ4v) is 3.97. The highest BCUT2D eigenvalue weighted by Crippen LogP contribution is 2.38. The number of aromatic amines is 1. The number of imidazole rings is 1. The number of nitrogens with one attached hydrogen (secondary N) is 1. The van der Waals surface area contributed by atoms with E-state index in [1.165, 1.54) is 0 Å². The number of anilines is 5. The normalized spacial score (nSPS) is 14.2. The van der Waals surface area contributed by atoms with Crippen LogP contribution in [0.5, 0.6) is 0 Å². The lowest BCUT2D eigenvalue weighted by atomic mass is 10.1. The van der Waals surface area contributed by atoms with E-state index in [9.17, 15) is 0 Å². The summed E-state index contributed by atoms with van der Waals surface area (Å²) in [7, 11) is 0. The van der Waals surface area contributed by atoms with Gasteiger partial charge in [-0.1, -0.05) is 36.4 Å². The summed E-state index contributed by atoms with van der Waals surface area (Å²) in [4.78, 5) is 21.7. The molecule has 8 heteroatoms. The summed E-state index contributed by atoms with van der Waals surface area (Å²) in [5.41, 5.74) is 11.6. The maximum absolute atomic E-state index is 5.99. The van der Waals surface area contributed by atoms with Crippen LogP contribution in [0.1, 0.15) is 11.1 Å². The number of para-hydroxylation sites is 2. The van der Waals surface area contributed by atoms with E-state index in [1.807, 2.05) is 24.3 Å². The standard InChI is InChI=1S/C23H25N7O/c1-15-7-3-5-9-17(15)30(18-10-6-4-8-16(18)2)23-27-20-19(25-22(24)26-20)21(28-23)29-11-13-31-14-12-29/h3-10H,11-14H2,1-2H3,(H3,24,25,26,27,28). The molecule has 158 valence electrons. The van der Waals surface area contributed by atoms with Gasteiger partial charge in [0, 0.05) is 13.1 Å². The molecule has 0 radical (unpaired) electrons. The molecule has 1 aliphatic rings. The number of rotatable bonds is 4. The molecule has 0 aliphatic carbocycles. The topological polar surface area (TPSA) is 96.2 Å². The first-order valence-corrected chi connectivity index (χ1v) is 10.4. The van der Waals surface area contributed by atoms with E-state index >= 15 is 0 Å². The van der Waals surface area contributed by atoms with Crippen molar-refractivity contribution < 1.29 is 4.74 Å². The van der Waals surface area contributed by atoms with Crippen LogP contribution in [0.4, 0.5) is 29.1 Å². The third-order valence-corrected chi connectivity index (χ3v) is 5.56. The molecule has 1 aliphatic heterocycles. The quantitative estimate of drug-likeness (QED) is 0.522. The number of nitrogens with two attached hydrogens (primary N) is 1. The summed E-state index contributed by atoms with van der Waals surface area (Å²) in [6, 6.07) is 16.5. The highest BCUT2D eigenvalue weighted by molar-refractivity contribution is 5.88. The number of nitrogens with zero attached hydrogens (tertiary/aromatic N) is 5. The van der Waals surface area contributed by atoms with Crippen LogP contribution < -0.4 is 15.5 Å². The minimum atomic E-state index is 0.328. The number of hydrogen-bond donors (Lipinski definition) is 2. The van der Waals surface area contributed by atoms with E-state index in [2.05, 4.69) is 57.9 Å². The summed E-state index contributed by atoms with van der Waals surface area (Å²) in [5.74, 6) is 1.68. The molecule has 0 spiro atoms. The molecular weight excluding hydrogens is 390 g/mol. The van der Waals surface area contributed by atoms with Crippen LogP contribution in [0.25, 0.3) is 11.2 Å². The Morgan fingerprint density at radius 3 is 2.13 bits per heavy atom. The van der Waals surface area contributed by atoms with Crippen molar-refractivity contribution in [2.75, 3.05) is 41.8 Å². The number of aryl methyl sites for hydroxylation is 2. The first-order valence-electron chi connectivity index (χ1n) is 10.4. The number of benzene rings is 2. The minimum absolute atomic E-state index is 0.328. The van der Waals surface area contributed by atoms with Gasteiger partial charge in [0.1, 0.15) is 5.52 Å². The number of ether oxygens (including phenoxy) is 1. The summed E-state index contributed by atoms with van der Waals surface area (Å²) in [6.45, 7) is 7.00. The summed E-state index contributed by atoms with van der Waals surface area (Å²) >= 11 is 0. The van der Waals surface area contributed by atoms with Gasteiger partial charge in [-0.3, -0.25) is 4.90 Å². The van der Waals surface area contributed by atoms with Crippen LogP contribution in [-0.2, 0) is 4.74 Å². The van der Waals surface area contributed by atoms with Gasteiger partial charge in [0.25, 0.3) is 0 Å². The van der Waals surface area contributed by atoms with Crippen LogP contribution in [0, 0.1) is 13.8 Å². The maximum atomic E-state index is 5.99. The van der Waals surface area contributed by atoms with Crippen molar-refractivity contribution in [3.8, 4) is 0 Å². The second-order valence-corrected chi connectivity index (χ2v) is 7.68. The van der Waals surface area contributed by atoms with Gasteiger partial charge in [-0.05, 0) is 37.1 Å². The Hall–Kier alpha value is -3.65. The third kappa shape index (κ3) is 3.55. The number of hydrogen-bond acceptors (Lipinski definition) is 7. The van der Waals surface area contributed by atoms with Gasteiger partial charge in [-0.25, -0.2) is 0 Å².